The number of benzene rings is 1. The predicted octanol–water partition coefficient (Wildman–Crippen LogP) is 3.30. The normalized spacial score (nSPS) is 16.9. The molecule has 9 nitrogen and oxygen atoms in total. The Morgan fingerprint density at radius 3 is 2.29 bits per heavy atom. The van der Waals surface area contributed by atoms with E-state index in [0.717, 1.165) is 44.3 Å². The van der Waals surface area contributed by atoms with Gasteiger partial charge in [0.05, 0.1) is 18.9 Å². The maximum absolute atomic E-state index is 11.8. The molecule has 0 radical (unpaired) electrons. The summed E-state index contributed by atoms with van der Waals surface area (Å²) in [6, 6.07) is 8.44. The summed E-state index contributed by atoms with van der Waals surface area (Å²) < 4.78 is 31.4. The van der Waals surface area contributed by atoms with E-state index >= 15 is 0 Å². The topological polar surface area (TPSA) is 126 Å². The highest BCUT2D eigenvalue weighted by Crippen LogP contribution is 2.29. The molecule has 3 rings (SSSR count). The number of nitrogens with zero attached hydrogens (tertiary/aromatic N) is 3. The van der Waals surface area contributed by atoms with Crippen molar-refractivity contribution in [2.75, 3.05) is 36.1 Å². The quantitative estimate of drug-likeness (QED) is 0.437. The van der Waals surface area contributed by atoms with Crippen molar-refractivity contribution in [1.82, 2.24) is 15.0 Å². The Bertz CT molecular complexity index is 1020. The van der Waals surface area contributed by atoms with Crippen molar-refractivity contribution in [3.63, 3.8) is 0 Å². The molecule has 2 aromatic rings. The molecule has 0 bridgehead atoms. The fraction of sp³-hybridized carbons (Fsp3) is 0.625. The highest BCUT2D eigenvalue weighted by Gasteiger charge is 2.19. The summed E-state index contributed by atoms with van der Waals surface area (Å²) in [6.45, 7) is 7.78. The first-order chi connectivity index (χ1) is 16.1. The molecule has 1 aromatic heterocycles. The van der Waals surface area contributed by atoms with Gasteiger partial charge in [0, 0.05) is 19.6 Å². The number of aliphatic hydroxyl groups is 1. The second kappa shape index (κ2) is 11.9. The van der Waals surface area contributed by atoms with Crippen LogP contribution in [0.15, 0.2) is 24.3 Å². The minimum atomic E-state index is -3.55. The van der Waals surface area contributed by atoms with E-state index in [1.807, 2.05) is 0 Å². The maximum Gasteiger partial charge on any atom is 0.241 e. The summed E-state index contributed by atoms with van der Waals surface area (Å²) in [7, 11) is -3.55. The molecule has 2 heterocycles. The molecule has 1 aliphatic rings. The lowest BCUT2D eigenvalue weighted by Gasteiger charge is -2.23. The summed E-state index contributed by atoms with van der Waals surface area (Å²) in [5, 5.41) is 12.8. The molecular formula is C24H37N5O4S. The van der Waals surface area contributed by atoms with E-state index in [0.29, 0.717) is 24.1 Å². The Morgan fingerprint density at radius 1 is 1.06 bits per heavy atom. The monoisotopic (exact) mass is 491 g/mol. The second-order valence-corrected chi connectivity index (χ2v) is 11.3. The number of sulfonamides is 1. The number of ether oxygens (including phenoxy) is 1. The molecule has 3 N–H and O–H groups in total. The third-order valence-electron chi connectivity index (χ3n) is 5.95. The fourth-order valence-corrected chi connectivity index (χ4v) is 4.66. The molecule has 1 aliphatic heterocycles. The van der Waals surface area contributed by atoms with Gasteiger partial charge in [0.15, 0.2) is 0 Å². The molecule has 0 aliphatic carbocycles. The number of nitrogens with one attached hydrogen (secondary N) is 2. The van der Waals surface area contributed by atoms with Gasteiger partial charge in [0.25, 0.3) is 0 Å². The van der Waals surface area contributed by atoms with Gasteiger partial charge in [-0.1, -0.05) is 45.0 Å². The van der Waals surface area contributed by atoms with Crippen LogP contribution in [-0.4, -0.2) is 60.6 Å². The van der Waals surface area contributed by atoms with Crippen molar-refractivity contribution in [1.29, 1.82) is 0 Å². The molecule has 1 saturated heterocycles. The van der Waals surface area contributed by atoms with Gasteiger partial charge < -0.3 is 15.2 Å². The average molecular weight is 492 g/mol. The van der Waals surface area contributed by atoms with Gasteiger partial charge in [0.1, 0.15) is 5.82 Å². The zero-order valence-corrected chi connectivity index (χ0v) is 21.3. The van der Waals surface area contributed by atoms with Crippen molar-refractivity contribution in [2.24, 2.45) is 5.92 Å². The van der Waals surface area contributed by atoms with Gasteiger partial charge in [-0.15, -0.1) is 0 Å². The van der Waals surface area contributed by atoms with Crippen LogP contribution in [0.2, 0.25) is 0 Å². The first-order valence-corrected chi connectivity index (χ1v) is 13.8. The molecule has 10 heteroatoms. The zero-order chi connectivity index (χ0) is 24.7. The summed E-state index contributed by atoms with van der Waals surface area (Å²) in [4.78, 5) is 13.1. The Kier molecular flexibility index (Phi) is 9.21. The van der Waals surface area contributed by atoms with Gasteiger partial charge in [0.2, 0.25) is 21.9 Å². The zero-order valence-electron chi connectivity index (χ0n) is 20.5. The van der Waals surface area contributed by atoms with E-state index in [2.05, 4.69) is 70.0 Å². The van der Waals surface area contributed by atoms with Crippen LogP contribution in [0.3, 0.4) is 0 Å². The third kappa shape index (κ3) is 8.18. The lowest BCUT2D eigenvalue weighted by molar-refractivity contribution is 0.0853. The number of anilines is 2. The van der Waals surface area contributed by atoms with E-state index in [9.17, 15) is 13.5 Å². The minimum absolute atomic E-state index is 0.0293. The molecule has 1 fully saturated rings. The standard InChI is InChI=1S/C24H37N5O4S/c1-16(2)13-21(15-30)25-23-26-22(27-24(28-23)29-34(4,31)32)14-17(3)18-5-7-19(8-6-18)20-9-11-33-12-10-20/h5-8,16-17,20-21,30H,9-15H2,1-4H3,(H2,25,26,27,28,29)/t17?,21-/m1/s1. The van der Waals surface area contributed by atoms with E-state index < -0.39 is 10.0 Å². The molecule has 1 unspecified atom stereocenters. The molecule has 0 spiro atoms. The van der Waals surface area contributed by atoms with Gasteiger partial charge in [-0.2, -0.15) is 15.0 Å². The summed E-state index contributed by atoms with van der Waals surface area (Å²) >= 11 is 0. The Balaban J connectivity index is 1.77. The van der Waals surface area contributed by atoms with Crippen LogP contribution in [0, 0.1) is 5.92 Å². The number of aliphatic hydroxyl groups excluding tert-OH is 1. The Morgan fingerprint density at radius 2 is 1.71 bits per heavy atom. The average Bonchev–Trinajstić information content (AvgIpc) is 2.77. The van der Waals surface area contributed by atoms with E-state index in [-0.39, 0.29) is 30.5 Å². The van der Waals surface area contributed by atoms with Crippen molar-refractivity contribution >= 4 is 21.9 Å². The molecule has 2 atom stereocenters. The highest BCUT2D eigenvalue weighted by molar-refractivity contribution is 7.91. The Labute approximate surface area is 202 Å². The summed E-state index contributed by atoms with van der Waals surface area (Å²) in [5.74, 6) is 1.73. The number of hydrogen-bond donors (Lipinski definition) is 3. The molecule has 0 amide bonds. The SMILES string of the molecule is CC(C)C[C@H](CO)Nc1nc(CC(C)c2ccc(C3CCOCC3)cc2)nc(NS(C)(=O)=O)n1. The van der Waals surface area contributed by atoms with Gasteiger partial charge in [-0.3, -0.25) is 4.72 Å². The predicted molar refractivity (Wildman–Crippen MR) is 134 cm³/mol. The van der Waals surface area contributed by atoms with Gasteiger partial charge in [-0.25, -0.2) is 8.42 Å². The maximum atomic E-state index is 11.8. The van der Waals surface area contributed by atoms with Gasteiger partial charge in [-0.05, 0) is 48.1 Å². The molecule has 188 valence electrons. The van der Waals surface area contributed by atoms with Crippen LogP contribution >= 0.6 is 0 Å². The van der Waals surface area contributed by atoms with Crippen LogP contribution in [0.5, 0.6) is 0 Å². The van der Waals surface area contributed by atoms with Crippen molar-refractivity contribution < 1.29 is 18.3 Å². The minimum Gasteiger partial charge on any atom is -0.394 e. The van der Waals surface area contributed by atoms with Crippen LogP contribution in [-0.2, 0) is 21.2 Å². The largest absolute Gasteiger partial charge is 0.394 e. The molecule has 0 saturated carbocycles. The smallest absolute Gasteiger partial charge is 0.241 e. The van der Waals surface area contributed by atoms with Crippen molar-refractivity contribution in [3.8, 4) is 0 Å². The number of hydrogen-bond acceptors (Lipinski definition) is 8. The van der Waals surface area contributed by atoms with Crippen LogP contribution < -0.4 is 10.0 Å². The first kappa shape index (κ1) is 26.3. The summed E-state index contributed by atoms with van der Waals surface area (Å²) in [5.41, 5.74) is 2.50. The van der Waals surface area contributed by atoms with Crippen LogP contribution in [0.4, 0.5) is 11.9 Å². The lowest BCUT2D eigenvalue weighted by atomic mass is 9.89. The number of aromatic nitrogens is 3. The van der Waals surface area contributed by atoms with Crippen molar-refractivity contribution in [3.05, 3.63) is 41.2 Å². The van der Waals surface area contributed by atoms with Crippen LogP contribution in [0.25, 0.3) is 0 Å². The van der Waals surface area contributed by atoms with Crippen LogP contribution in [0.1, 0.15) is 68.8 Å². The summed E-state index contributed by atoms with van der Waals surface area (Å²) in [6.07, 6.45) is 4.40. The lowest BCUT2D eigenvalue weighted by Crippen LogP contribution is -2.27. The number of rotatable bonds is 11. The fourth-order valence-electron chi connectivity index (χ4n) is 4.24. The molecule has 1 aromatic carbocycles. The van der Waals surface area contributed by atoms with E-state index in [1.165, 1.54) is 5.56 Å². The third-order valence-corrected chi connectivity index (χ3v) is 6.51. The highest BCUT2D eigenvalue weighted by atomic mass is 32.2. The van der Waals surface area contributed by atoms with E-state index in [4.69, 9.17) is 4.74 Å². The van der Waals surface area contributed by atoms with Gasteiger partial charge >= 0.3 is 0 Å². The van der Waals surface area contributed by atoms with Crippen molar-refractivity contribution in [2.45, 2.75) is 64.3 Å². The molecular weight excluding hydrogens is 454 g/mol. The second-order valence-electron chi connectivity index (χ2n) is 9.58. The molecule has 34 heavy (non-hydrogen) atoms. The Hall–Kier alpha value is -2.30. The first-order valence-electron chi connectivity index (χ1n) is 11.9. The van der Waals surface area contributed by atoms with E-state index in [1.54, 1.807) is 0 Å².